The van der Waals surface area contributed by atoms with Crippen LogP contribution in [-0.4, -0.2) is 53.6 Å². The molecule has 15 heavy (non-hydrogen) atoms. The predicted octanol–water partition coefficient (Wildman–Crippen LogP) is -1.32. The van der Waals surface area contributed by atoms with Gasteiger partial charge in [-0.05, 0) is 0 Å². The van der Waals surface area contributed by atoms with Crippen molar-refractivity contribution in [3.8, 4) is 0 Å². The zero-order chi connectivity index (χ0) is 11.4. The topological polar surface area (TPSA) is 95.9 Å². The molecule has 3 unspecified atom stereocenters. The molecule has 7 heteroatoms. The first-order chi connectivity index (χ1) is 7.04. The third-order valence-corrected chi connectivity index (χ3v) is 2.14. The molecule has 1 saturated heterocycles. The number of amides is 1. The van der Waals surface area contributed by atoms with Gasteiger partial charge in [0.1, 0.15) is 0 Å². The minimum atomic E-state index is -1.18. The SMILES string of the molecule is O=C(CF)NC1COC(C(=O)O)CC1O. The number of carboxylic acids is 1. The number of carbonyl (C=O) groups excluding carboxylic acids is 1. The van der Waals surface area contributed by atoms with Crippen LogP contribution in [-0.2, 0) is 14.3 Å². The fourth-order valence-electron chi connectivity index (χ4n) is 1.34. The van der Waals surface area contributed by atoms with E-state index in [-0.39, 0.29) is 13.0 Å². The van der Waals surface area contributed by atoms with Crippen molar-refractivity contribution in [3.63, 3.8) is 0 Å². The van der Waals surface area contributed by atoms with E-state index >= 15 is 0 Å². The normalized spacial score (nSPS) is 30.9. The standard InChI is InChI=1S/C8H12FNO5/c9-2-7(12)10-4-3-15-6(8(13)14)1-5(4)11/h4-6,11H,1-3H2,(H,10,12)(H,13,14). The molecule has 3 atom stereocenters. The number of hydrogen-bond acceptors (Lipinski definition) is 4. The number of halogens is 1. The molecule has 0 radical (unpaired) electrons. The van der Waals surface area contributed by atoms with Gasteiger partial charge in [0, 0.05) is 6.42 Å². The van der Waals surface area contributed by atoms with E-state index in [1.807, 2.05) is 0 Å². The number of ether oxygens (including phenoxy) is 1. The molecule has 1 aliphatic heterocycles. The van der Waals surface area contributed by atoms with Crippen LogP contribution in [0, 0.1) is 0 Å². The second-order valence-corrected chi connectivity index (χ2v) is 3.27. The van der Waals surface area contributed by atoms with E-state index in [0.29, 0.717) is 0 Å². The Labute approximate surface area is 85.0 Å². The summed E-state index contributed by atoms with van der Waals surface area (Å²) in [5, 5.41) is 20.2. The summed E-state index contributed by atoms with van der Waals surface area (Å²) in [5.41, 5.74) is 0. The summed E-state index contributed by atoms with van der Waals surface area (Å²) < 4.78 is 16.7. The highest BCUT2D eigenvalue weighted by Gasteiger charge is 2.34. The van der Waals surface area contributed by atoms with Gasteiger partial charge in [0.25, 0.3) is 5.91 Å². The first-order valence-electron chi connectivity index (χ1n) is 4.42. The highest BCUT2D eigenvalue weighted by atomic mass is 19.1. The minimum absolute atomic E-state index is 0.118. The summed E-state index contributed by atoms with van der Waals surface area (Å²) in [4.78, 5) is 21.2. The lowest BCUT2D eigenvalue weighted by Crippen LogP contribution is -2.53. The molecule has 1 rings (SSSR count). The Morgan fingerprint density at radius 2 is 2.20 bits per heavy atom. The van der Waals surface area contributed by atoms with Gasteiger partial charge in [0.15, 0.2) is 12.8 Å². The highest BCUT2D eigenvalue weighted by molar-refractivity contribution is 5.77. The van der Waals surface area contributed by atoms with Gasteiger partial charge in [0.05, 0.1) is 18.8 Å². The third-order valence-electron chi connectivity index (χ3n) is 2.14. The lowest BCUT2D eigenvalue weighted by molar-refractivity contribution is -0.160. The van der Waals surface area contributed by atoms with Crippen LogP contribution in [0.1, 0.15) is 6.42 Å². The zero-order valence-corrected chi connectivity index (χ0v) is 7.85. The molecule has 6 nitrogen and oxygen atoms in total. The van der Waals surface area contributed by atoms with Crippen molar-refractivity contribution >= 4 is 11.9 Å². The fraction of sp³-hybridized carbons (Fsp3) is 0.750. The highest BCUT2D eigenvalue weighted by Crippen LogP contribution is 2.14. The third kappa shape index (κ3) is 3.14. The van der Waals surface area contributed by atoms with Crippen molar-refractivity contribution in [3.05, 3.63) is 0 Å². The second kappa shape index (κ2) is 5.04. The summed E-state index contributed by atoms with van der Waals surface area (Å²) in [6.45, 7) is -1.31. The number of carbonyl (C=O) groups is 2. The van der Waals surface area contributed by atoms with Crippen molar-refractivity contribution in [1.82, 2.24) is 5.32 Å². The molecule has 3 N–H and O–H groups in total. The quantitative estimate of drug-likeness (QED) is 0.549. The van der Waals surface area contributed by atoms with E-state index < -0.39 is 36.8 Å². The van der Waals surface area contributed by atoms with Crippen molar-refractivity contribution < 1.29 is 28.9 Å². The summed E-state index contributed by atoms with van der Waals surface area (Å²) in [6.07, 6.45) is -2.22. The summed E-state index contributed by atoms with van der Waals surface area (Å²) in [5.74, 6) is -2.01. The van der Waals surface area contributed by atoms with Crippen LogP contribution in [0.3, 0.4) is 0 Å². The molecular formula is C8H12FNO5. The van der Waals surface area contributed by atoms with Gasteiger partial charge in [-0.2, -0.15) is 0 Å². The molecule has 0 aliphatic carbocycles. The summed E-state index contributed by atoms with van der Waals surface area (Å²) in [7, 11) is 0. The van der Waals surface area contributed by atoms with Gasteiger partial charge in [0.2, 0.25) is 0 Å². The Bertz CT molecular complexity index is 259. The summed E-state index contributed by atoms with van der Waals surface area (Å²) >= 11 is 0. The van der Waals surface area contributed by atoms with Crippen molar-refractivity contribution in [2.24, 2.45) is 0 Å². The molecule has 0 saturated carbocycles. The number of hydrogen-bond donors (Lipinski definition) is 3. The molecule has 0 spiro atoms. The van der Waals surface area contributed by atoms with Crippen LogP contribution in [0.5, 0.6) is 0 Å². The van der Waals surface area contributed by atoms with Crippen LogP contribution in [0.25, 0.3) is 0 Å². The van der Waals surface area contributed by atoms with E-state index in [1.54, 1.807) is 0 Å². The van der Waals surface area contributed by atoms with Crippen molar-refractivity contribution in [2.45, 2.75) is 24.7 Å². The van der Waals surface area contributed by atoms with Crippen LogP contribution in [0.15, 0.2) is 0 Å². The monoisotopic (exact) mass is 221 g/mol. The average molecular weight is 221 g/mol. The Morgan fingerprint density at radius 3 is 2.67 bits per heavy atom. The van der Waals surface area contributed by atoms with E-state index in [0.717, 1.165) is 0 Å². The van der Waals surface area contributed by atoms with Gasteiger partial charge in [-0.15, -0.1) is 0 Å². The maximum Gasteiger partial charge on any atom is 0.332 e. The van der Waals surface area contributed by atoms with E-state index in [4.69, 9.17) is 9.84 Å². The van der Waals surface area contributed by atoms with Crippen molar-refractivity contribution in [1.29, 1.82) is 0 Å². The van der Waals surface area contributed by atoms with Crippen LogP contribution in [0.2, 0.25) is 0 Å². The Hall–Kier alpha value is -1.21. The molecule has 1 aliphatic rings. The van der Waals surface area contributed by atoms with E-state index in [9.17, 15) is 19.1 Å². The molecule has 0 bridgehead atoms. The molecule has 0 aromatic carbocycles. The second-order valence-electron chi connectivity index (χ2n) is 3.27. The molecule has 1 heterocycles. The number of aliphatic hydroxyl groups is 1. The van der Waals surface area contributed by atoms with E-state index in [2.05, 4.69) is 5.32 Å². The lowest BCUT2D eigenvalue weighted by atomic mass is 10.0. The molecule has 86 valence electrons. The van der Waals surface area contributed by atoms with Gasteiger partial charge in [-0.3, -0.25) is 4.79 Å². The van der Waals surface area contributed by atoms with Crippen LogP contribution >= 0.6 is 0 Å². The van der Waals surface area contributed by atoms with Crippen molar-refractivity contribution in [2.75, 3.05) is 13.3 Å². The predicted molar refractivity (Wildman–Crippen MR) is 45.9 cm³/mol. The maximum absolute atomic E-state index is 11.8. The number of carboxylic acid groups (broad SMARTS) is 1. The smallest absolute Gasteiger partial charge is 0.332 e. The Balaban J connectivity index is 2.45. The first-order valence-corrected chi connectivity index (χ1v) is 4.42. The zero-order valence-electron chi connectivity index (χ0n) is 7.85. The number of rotatable bonds is 3. The summed E-state index contributed by atoms with van der Waals surface area (Å²) in [6, 6.07) is -0.746. The minimum Gasteiger partial charge on any atom is -0.479 e. The fourth-order valence-corrected chi connectivity index (χ4v) is 1.34. The van der Waals surface area contributed by atoms with Gasteiger partial charge in [-0.1, -0.05) is 0 Å². The van der Waals surface area contributed by atoms with Crippen LogP contribution in [0.4, 0.5) is 4.39 Å². The maximum atomic E-state index is 11.8. The largest absolute Gasteiger partial charge is 0.479 e. The Morgan fingerprint density at radius 1 is 1.53 bits per heavy atom. The van der Waals surface area contributed by atoms with Gasteiger partial charge < -0.3 is 20.3 Å². The average Bonchev–Trinajstić information content (AvgIpc) is 2.20. The molecule has 1 fully saturated rings. The molecule has 0 aromatic rings. The molecule has 1 amide bonds. The molecular weight excluding hydrogens is 209 g/mol. The van der Waals surface area contributed by atoms with E-state index in [1.165, 1.54) is 0 Å². The Kier molecular flexibility index (Phi) is 3.98. The molecule has 0 aromatic heterocycles. The number of alkyl halides is 1. The number of nitrogens with one attached hydrogen (secondary N) is 1. The van der Waals surface area contributed by atoms with Gasteiger partial charge in [-0.25, -0.2) is 9.18 Å². The number of aliphatic hydroxyl groups excluding tert-OH is 1. The first kappa shape index (κ1) is 11.9. The van der Waals surface area contributed by atoms with Crippen LogP contribution < -0.4 is 5.32 Å². The lowest BCUT2D eigenvalue weighted by Gasteiger charge is -2.31. The van der Waals surface area contributed by atoms with Gasteiger partial charge >= 0.3 is 5.97 Å². The number of aliphatic carboxylic acids is 1.